The van der Waals surface area contributed by atoms with Crippen molar-refractivity contribution in [2.24, 2.45) is 0 Å². The third-order valence-electron chi connectivity index (χ3n) is 9.28. The summed E-state index contributed by atoms with van der Waals surface area (Å²) in [6, 6.07) is 22.4. The van der Waals surface area contributed by atoms with Crippen LogP contribution >= 0.6 is 0 Å². The molecule has 0 aliphatic carbocycles. The lowest BCUT2D eigenvalue weighted by Gasteiger charge is -2.37. The fourth-order valence-corrected chi connectivity index (χ4v) is 6.19. The van der Waals surface area contributed by atoms with E-state index in [2.05, 4.69) is 13.8 Å². The molecular weight excluding hydrogens is 562 g/mol. The number of benzene rings is 3. The zero-order chi connectivity index (χ0) is 32.1. The fraction of sp³-hybridized carbons (Fsp3) is 0.513. The van der Waals surface area contributed by atoms with E-state index in [1.807, 2.05) is 62.4 Å². The van der Waals surface area contributed by atoms with E-state index >= 15 is 0 Å². The first kappa shape index (κ1) is 34.5. The molecule has 0 N–H and O–H groups in total. The van der Waals surface area contributed by atoms with Gasteiger partial charge in [0.2, 0.25) is 0 Å². The molecule has 0 amide bonds. The maximum absolute atomic E-state index is 13.9. The minimum Gasteiger partial charge on any atom is -0.494 e. The highest BCUT2D eigenvalue weighted by Crippen LogP contribution is 2.51. The summed E-state index contributed by atoms with van der Waals surface area (Å²) in [5, 5.41) is 15.2. The molecule has 0 spiro atoms. The normalized spacial score (nSPS) is 19.8. The van der Waals surface area contributed by atoms with E-state index in [1.165, 1.54) is 56.4 Å². The second kappa shape index (κ2) is 16.8. The van der Waals surface area contributed by atoms with E-state index in [0.717, 1.165) is 54.9 Å². The lowest BCUT2D eigenvalue weighted by Crippen LogP contribution is -2.44. The molecule has 0 bridgehead atoms. The fourth-order valence-electron chi connectivity index (χ4n) is 6.19. The summed E-state index contributed by atoms with van der Waals surface area (Å²) >= 11 is 0. The van der Waals surface area contributed by atoms with Crippen molar-refractivity contribution in [3.63, 3.8) is 0 Å². The Morgan fingerprint density at radius 2 is 1.00 bits per heavy atom. The van der Waals surface area contributed by atoms with Crippen LogP contribution in [0.2, 0.25) is 0 Å². The molecule has 1 radical (unpaired) electrons. The summed E-state index contributed by atoms with van der Waals surface area (Å²) in [6.07, 6.45) is 13.4. The molecule has 0 saturated carbocycles. The second-order valence-corrected chi connectivity index (χ2v) is 12.8. The van der Waals surface area contributed by atoms with E-state index in [4.69, 9.17) is 14.2 Å². The van der Waals surface area contributed by atoms with Crippen LogP contribution in [0.15, 0.2) is 72.8 Å². The van der Waals surface area contributed by atoms with Gasteiger partial charge < -0.3 is 14.2 Å². The minimum atomic E-state index is -0.698. The Labute approximate surface area is 270 Å². The number of nitrogens with zero attached hydrogens (tertiary/aromatic N) is 1. The van der Waals surface area contributed by atoms with Gasteiger partial charge >= 0.3 is 5.97 Å². The van der Waals surface area contributed by atoms with E-state index in [0.29, 0.717) is 17.9 Å². The first-order valence-corrected chi connectivity index (χ1v) is 17.1. The lowest BCUT2D eigenvalue weighted by atomic mass is 9.89. The number of carbonyl (C=O) groups excluding carboxylic acids is 1. The Bertz CT molecular complexity index is 1310. The molecule has 3 aromatic carbocycles. The number of hydrogen-bond donors (Lipinski definition) is 0. The molecule has 6 nitrogen and oxygen atoms in total. The molecular formula is C39H52NO5. The quantitative estimate of drug-likeness (QED) is 0.0810. The monoisotopic (exact) mass is 614 g/mol. The first-order chi connectivity index (χ1) is 21.8. The molecule has 6 heteroatoms. The molecule has 1 saturated heterocycles. The van der Waals surface area contributed by atoms with Crippen molar-refractivity contribution < 1.29 is 24.2 Å². The SMILES string of the molecule is CCCCCCCOc1ccc(C(=O)Oc2ccc([C@]3(C)CC[C@@](C)(c4ccc(OCCCCCCC)cc4)N3[O])cc2)cc1. The van der Waals surface area contributed by atoms with Crippen LogP contribution in [0.5, 0.6) is 17.2 Å². The number of esters is 1. The summed E-state index contributed by atoms with van der Waals surface area (Å²) in [5.41, 5.74) is 1.01. The molecule has 45 heavy (non-hydrogen) atoms. The Balaban J connectivity index is 1.29. The van der Waals surface area contributed by atoms with Crippen molar-refractivity contribution in [1.29, 1.82) is 0 Å². The Hall–Kier alpha value is -3.35. The number of unbranched alkanes of at least 4 members (excludes halogenated alkanes) is 8. The average Bonchev–Trinajstić information content (AvgIpc) is 3.31. The smallest absolute Gasteiger partial charge is 0.343 e. The van der Waals surface area contributed by atoms with Crippen LogP contribution in [0.1, 0.15) is 126 Å². The largest absolute Gasteiger partial charge is 0.494 e. The zero-order valence-electron chi connectivity index (χ0n) is 27.8. The third kappa shape index (κ3) is 9.11. The first-order valence-electron chi connectivity index (χ1n) is 17.1. The van der Waals surface area contributed by atoms with Crippen LogP contribution in [0, 0.1) is 0 Å². The summed E-state index contributed by atoms with van der Waals surface area (Å²) in [4.78, 5) is 12.8. The van der Waals surface area contributed by atoms with Crippen molar-refractivity contribution in [3.8, 4) is 17.2 Å². The summed E-state index contributed by atoms with van der Waals surface area (Å²) < 4.78 is 17.4. The predicted octanol–water partition coefficient (Wildman–Crippen LogP) is 10.2. The van der Waals surface area contributed by atoms with Gasteiger partial charge in [0.1, 0.15) is 17.2 Å². The highest BCUT2D eigenvalue weighted by atomic mass is 16.5. The molecule has 1 fully saturated rings. The molecule has 0 unspecified atom stereocenters. The van der Waals surface area contributed by atoms with Gasteiger partial charge in [-0.25, -0.2) is 4.79 Å². The van der Waals surface area contributed by atoms with Gasteiger partial charge in [-0.2, -0.15) is 0 Å². The standard InChI is InChI=1S/C39H52NO5/c1-5-7-9-11-13-29-43-34-21-15-31(16-22-34)37(41)45-36-25-19-33(20-26-36)39(4)28-27-38(3,40(39)42)32-17-23-35(24-18-32)44-30-14-12-10-8-6-2/h15-26H,5-14,27-30H2,1-4H3/t38-,39-/m0/s1. The van der Waals surface area contributed by atoms with Gasteiger partial charge in [-0.05, 0) is 99.2 Å². The van der Waals surface area contributed by atoms with E-state index in [1.54, 1.807) is 24.3 Å². The topological polar surface area (TPSA) is 67.9 Å². The molecule has 4 rings (SSSR count). The van der Waals surface area contributed by atoms with Crippen LogP contribution in [-0.4, -0.2) is 24.2 Å². The molecule has 243 valence electrons. The van der Waals surface area contributed by atoms with Crippen LogP contribution in [-0.2, 0) is 16.3 Å². The van der Waals surface area contributed by atoms with Crippen molar-refractivity contribution in [3.05, 3.63) is 89.5 Å². The summed E-state index contributed by atoms with van der Waals surface area (Å²) in [7, 11) is 0. The Kier molecular flexibility index (Phi) is 12.9. The van der Waals surface area contributed by atoms with Crippen molar-refractivity contribution in [1.82, 2.24) is 5.06 Å². The van der Waals surface area contributed by atoms with Gasteiger partial charge in [0.05, 0.1) is 29.9 Å². The van der Waals surface area contributed by atoms with Crippen molar-refractivity contribution in [2.75, 3.05) is 13.2 Å². The van der Waals surface area contributed by atoms with Gasteiger partial charge in [-0.15, -0.1) is 10.3 Å². The van der Waals surface area contributed by atoms with Crippen LogP contribution < -0.4 is 14.2 Å². The van der Waals surface area contributed by atoms with E-state index in [-0.39, 0.29) is 0 Å². The maximum atomic E-state index is 13.9. The number of hydrogen-bond acceptors (Lipinski definition) is 5. The van der Waals surface area contributed by atoms with Gasteiger partial charge in [0, 0.05) is 0 Å². The predicted molar refractivity (Wildman–Crippen MR) is 179 cm³/mol. The number of ether oxygens (including phenoxy) is 3. The van der Waals surface area contributed by atoms with E-state index in [9.17, 15) is 10.0 Å². The van der Waals surface area contributed by atoms with Crippen LogP contribution in [0.4, 0.5) is 0 Å². The lowest BCUT2D eigenvalue weighted by molar-refractivity contribution is -0.260. The summed E-state index contributed by atoms with van der Waals surface area (Å²) in [5.74, 6) is 1.61. The van der Waals surface area contributed by atoms with Crippen LogP contribution in [0.3, 0.4) is 0 Å². The molecule has 3 aromatic rings. The average molecular weight is 615 g/mol. The number of hydroxylamine groups is 2. The van der Waals surface area contributed by atoms with Gasteiger partial charge in [-0.3, -0.25) is 0 Å². The minimum absolute atomic E-state index is 0.428. The van der Waals surface area contributed by atoms with Gasteiger partial charge in [0.15, 0.2) is 0 Å². The Morgan fingerprint density at radius 1 is 0.600 bits per heavy atom. The Morgan fingerprint density at radius 3 is 1.44 bits per heavy atom. The van der Waals surface area contributed by atoms with E-state index < -0.39 is 17.0 Å². The van der Waals surface area contributed by atoms with Gasteiger partial charge in [0.25, 0.3) is 0 Å². The molecule has 2 atom stereocenters. The van der Waals surface area contributed by atoms with Crippen molar-refractivity contribution >= 4 is 5.97 Å². The van der Waals surface area contributed by atoms with Crippen molar-refractivity contribution in [2.45, 2.75) is 116 Å². The number of rotatable bonds is 18. The summed E-state index contributed by atoms with van der Waals surface area (Å²) in [6.45, 7) is 9.85. The molecule has 1 aliphatic rings. The third-order valence-corrected chi connectivity index (χ3v) is 9.28. The number of carbonyl (C=O) groups is 1. The zero-order valence-corrected chi connectivity index (χ0v) is 27.8. The highest BCUT2D eigenvalue weighted by Gasteiger charge is 2.52. The molecule has 1 heterocycles. The van der Waals surface area contributed by atoms with Crippen LogP contribution in [0.25, 0.3) is 0 Å². The highest BCUT2D eigenvalue weighted by molar-refractivity contribution is 5.91. The second-order valence-electron chi connectivity index (χ2n) is 12.8. The maximum Gasteiger partial charge on any atom is 0.343 e. The molecule has 0 aromatic heterocycles. The van der Waals surface area contributed by atoms with Gasteiger partial charge in [-0.1, -0.05) is 89.5 Å². The molecule has 1 aliphatic heterocycles.